The molecular formula is C22H27N2O3S+. The third-order valence-corrected chi connectivity index (χ3v) is 6.45. The molecule has 28 heavy (non-hydrogen) atoms. The van der Waals surface area contributed by atoms with Gasteiger partial charge in [-0.1, -0.05) is 17.7 Å². The van der Waals surface area contributed by atoms with Crippen molar-refractivity contribution in [1.82, 2.24) is 4.90 Å². The quantitative estimate of drug-likeness (QED) is 0.783. The first kappa shape index (κ1) is 19.2. The van der Waals surface area contributed by atoms with Gasteiger partial charge in [-0.15, -0.1) is 11.8 Å². The monoisotopic (exact) mass is 399 g/mol. The number of quaternary nitrogens is 1. The molecular weight excluding hydrogens is 372 g/mol. The second kappa shape index (κ2) is 8.45. The zero-order valence-corrected chi connectivity index (χ0v) is 17.3. The standard InChI is InChI=1S/C22H26N2O3S/c1-16-3-6-19(7-4-16)28-17(2)22(25)24-11-9-23(10-12-24)14-18-5-8-20-21(13-18)27-15-26-20/h3-8,13,17H,9-12,14-15H2,1-2H3/p+1/t17-/m0/s1. The fourth-order valence-electron chi connectivity index (χ4n) is 3.69. The minimum atomic E-state index is -0.0573. The Hall–Kier alpha value is -2.18. The van der Waals surface area contributed by atoms with Crippen molar-refractivity contribution in [2.24, 2.45) is 0 Å². The van der Waals surface area contributed by atoms with Gasteiger partial charge in [-0.05, 0) is 44.2 Å². The Kier molecular flexibility index (Phi) is 5.78. The van der Waals surface area contributed by atoms with Crippen LogP contribution in [0.4, 0.5) is 0 Å². The topological polar surface area (TPSA) is 43.2 Å². The first-order chi connectivity index (χ1) is 13.6. The number of thioether (sulfide) groups is 1. The van der Waals surface area contributed by atoms with E-state index >= 15 is 0 Å². The Morgan fingerprint density at radius 3 is 2.57 bits per heavy atom. The van der Waals surface area contributed by atoms with Crippen LogP contribution in [0.3, 0.4) is 0 Å². The number of nitrogens with zero attached hydrogens (tertiary/aromatic N) is 1. The van der Waals surface area contributed by atoms with E-state index in [0.717, 1.165) is 49.1 Å². The van der Waals surface area contributed by atoms with Crippen molar-refractivity contribution in [3.63, 3.8) is 0 Å². The van der Waals surface area contributed by atoms with E-state index in [0.29, 0.717) is 6.79 Å². The highest BCUT2D eigenvalue weighted by atomic mass is 32.2. The molecule has 2 aromatic carbocycles. The molecule has 4 rings (SSSR count). The maximum Gasteiger partial charge on any atom is 0.236 e. The van der Waals surface area contributed by atoms with Gasteiger partial charge in [0.15, 0.2) is 11.5 Å². The molecule has 0 unspecified atom stereocenters. The van der Waals surface area contributed by atoms with Crippen molar-refractivity contribution in [2.45, 2.75) is 30.5 Å². The number of rotatable bonds is 5. The molecule has 2 heterocycles. The van der Waals surface area contributed by atoms with Crippen molar-refractivity contribution in [2.75, 3.05) is 33.0 Å². The molecule has 2 aliphatic rings. The van der Waals surface area contributed by atoms with Crippen molar-refractivity contribution in [3.05, 3.63) is 53.6 Å². The average Bonchev–Trinajstić information content (AvgIpc) is 3.17. The molecule has 2 aromatic rings. The molecule has 1 saturated heterocycles. The third kappa shape index (κ3) is 4.45. The van der Waals surface area contributed by atoms with Gasteiger partial charge < -0.3 is 19.3 Å². The van der Waals surface area contributed by atoms with E-state index in [-0.39, 0.29) is 11.2 Å². The summed E-state index contributed by atoms with van der Waals surface area (Å²) in [6.07, 6.45) is 0. The number of hydrogen-bond acceptors (Lipinski definition) is 4. The summed E-state index contributed by atoms with van der Waals surface area (Å²) >= 11 is 1.65. The second-order valence-electron chi connectivity index (χ2n) is 7.51. The van der Waals surface area contributed by atoms with E-state index in [1.165, 1.54) is 16.0 Å². The third-order valence-electron chi connectivity index (χ3n) is 5.35. The number of ether oxygens (including phenoxy) is 2. The molecule has 0 bridgehead atoms. The number of nitrogens with one attached hydrogen (secondary N) is 1. The number of carbonyl (C=O) groups excluding carboxylic acids is 1. The zero-order valence-electron chi connectivity index (χ0n) is 16.4. The molecule has 148 valence electrons. The lowest BCUT2D eigenvalue weighted by Crippen LogP contribution is -3.13. The molecule has 2 aliphatic heterocycles. The van der Waals surface area contributed by atoms with Crippen LogP contribution < -0.4 is 14.4 Å². The number of fused-ring (bicyclic) bond motifs is 1. The van der Waals surface area contributed by atoms with Gasteiger partial charge in [0, 0.05) is 10.5 Å². The summed E-state index contributed by atoms with van der Waals surface area (Å²) in [4.78, 5) is 17.5. The second-order valence-corrected chi connectivity index (χ2v) is 8.93. The molecule has 0 spiro atoms. The van der Waals surface area contributed by atoms with E-state index in [1.54, 1.807) is 11.8 Å². The van der Waals surface area contributed by atoms with Gasteiger partial charge in [0.1, 0.15) is 6.54 Å². The Bertz CT molecular complexity index is 832. The highest BCUT2D eigenvalue weighted by molar-refractivity contribution is 8.00. The van der Waals surface area contributed by atoms with E-state index in [1.807, 2.05) is 17.9 Å². The van der Waals surface area contributed by atoms with E-state index in [4.69, 9.17) is 9.47 Å². The summed E-state index contributed by atoms with van der Waals surface area (Å²) in [7, 11) is 0. The maximum absolute atomic E-state index is 12.8. The summed E-state index contributed by atoms with van der Waals surface area (Å²) in [5.74, 6) is 1.91. The Labute approximate surface area is 170 Å². The molecule has 0 saturated carbocycles. The lowest BCUT2D eigenvalue weighted by molar-refractivity contribution is -0.917. The predicted molar refractivity (Wildman–Crippen MR) is 110 cm³/mol. The predicted octanol–water partition coefficient (Wildman–Crippen LogP) is 2.13. The van der Waals surface area contributed by atoms with Gasteiger partial charge >= 0.3 is 0 Å². The molecule has 0 radical (unpaired) electrons. The molecule has 1 atom stereocenters. The Morgan fingerprint density at radius 1 is 1.11 bits per heavy atom. The maximum atomic E-state index is 12.8. The molecule has 0 aromatic heterocycles. The van der Waals surface area contributed by atoms with Gasteiger partial charge in [-0.2, -0.15) is 0 Å². The van der Waals surface area contributed by atoms with Gasteiger partial charge in [0.2, 0.25) is 12.7 Å². The fraction of sp³-hybridized carbons (Fsp3) is 0.409. The van der Waals surface area contributed by atoms with Gasteiger partial charge in [0.05, 0.1) is 31.4 Å². The summed E-state index contributed by atoms with van der Waals surface area (Å²) in [6.45, 7) is 8.93. The highest BCUT2D eigenvalue weighted by Crippen LogP contribution is 2.32. The first-order valence-electron chi connectivity index (χ1n) is 9.83. The van der Waals surface area contributed by atoms with E-state index < -0.39 is 0 Å². The van der Waals surface area contributed by atoms with Crippen LogP contribution in [0.25, 0.3) is 0 Å². The largest absolute Gasteiger partial charge is 0.454 e. The minimum Gasteiger partial charge on any atom is -0.454 e. The van der Waals surface area contributed by atoms with Crippen LogP contribution in [0, 0.1) is 6.92 Å². The van der Waals surface area contributed by atoms with Crippen molar-refractivity contribution in [3.8, 4) is 11.5 Å². The normalized spacial score (nSPS) is 17.6. The summed E-state index contributed by atoms with van der Waals surface area (Å²) in [6, 6.07) is 14.6. The summed E-state index contributed by atoms with van der Waals surface area (Å²) < 4.78 is 10.9. The molecule has 1 fully saturated rings. The lowest BCUT2D eigenvalue weighted by Gasteiger charge is -2.33. The van der Waals surface area contributed by atoms with Crippen molar-refractivity contribution in [1.29, 1.82) is 0 Å². The molecule has 0 aliphatic carbocycles. The number of hydrogen-bond donors (Lipinski definition) is 1. The average molecular weight is 400 g/mol. The van der Waals surface area contributed by atoms with Crippen LogP contribution in [0.15, 0.2) is 47.4 Å². The first-order valence-corrected chi connectivity index (χ1v) is 10.7. The van der Waals surface area contributed by atoms with Gasteiger partial charge in [-0.3, -0.25) is 4.79 Å². The van der Waals surface area contributed by atoms with Crippen LogP contribution in [0.2, 0.25) is 0 Å². The minimum absolute atomic E-state index is 0.0573. The Morgan fingerprint density at radius 2 is 1.82 bits per heavy atom. The van der Waals surface area contributed by atoms with E-state index in [2.05, 4.69) is 43.3 Å². The summed E-state index contributed by atoms with van der Waals surface area (Å²) in [5, 5.41) is -0.0573. The van der Waals surface area contributed by atoms with Crippen LogP contribution in [0.1, 0.15) is 18.1 Å². The number of carbonyl (C=O) groups is 1. The summed E-state index contributed by atoms with van der Waals surface area (Å²) in [5.41, 5.74) is 2.49. The zero-order chi connectivity index (χ0) is 19.5. The molecule has 1 amide bonds. The van der Waals surface area contributed by atoms with Crippen molar-refractivity contribution < 1.29 is 19.2 Å². The smallest absolute Gasteiger partial charge is 0.236 e. The number of benzene rings is 2. The number of piperazine rings is 1. The van der Waals surface area contributed by atoms with E-state index in [9.17, 15) is 4.79 Å². The molecule has 5 nitrogen and oxygen atoms in total. The van der Waals surface area contributed by atoms with Crippen LogP contribution >= 0.6 is 11.8 Å². The highest BCUT2D eigenvalue weighted by Gasteiger charge is 2.27. The molecule has 6 heteroatoms. The fourth-order valence-corrected chi connectivity index (χ4v) is 4.64. The van der Waals surface area contributed by atoms with Crippen molar-refractivity contribution >= 4 is 17.7 Å². The number of amides is 1. The lowest BCUT2D eigenvalue weighted by atomic mass is 10.1. The van der Waals surface area contributed by atoms with Gasteiger partial charge in [-0.25, -0.2) is 0 Å². The SMILES string of the molecule is Cc1ccc(S[C@@H](C)C(=O)N2CC[NH+](Cc3ccc4c(c3)OCO4)CC2)cc1. The molecule has 1 N–H and O–H groups in total. The van der Waals surface area contributed by atoms with Crippen LogP contribution in [-0.2, 0) is 11.3 Å². The van der Waals surface area contributed by atoms with Crippen LogP contribution in [-0.4, -0.2) is 49.0 Å². The van der Waals surface area contributed by atoms with Crippen LogP contribution in [0.5, 0.6) is 11.5 Å². The Balaban J connectivity index is 1.27. The van der Waals surface area contributed by atoms with Gasteiger partial charge in [0.25, 0.3) is 0 Å². The number of aryl methyl sites for hydroxylation is 1.